The smallest absolute Gasteiger partial charge is 0.224 e. The Balaban J connectivity index is 0.00000191. The van der Waals surface area contributed by atoms with Gasteiger partial charge in [-0.3, -0.25) is 4.79 Å². The number of carbonyl (C=O) groups is 1. The highest BCUT2D eigenvalue weighted by atomic mass is 16.7. The number of rotatable bonds is 7. The molecule has 5 heteroatoms. The third-order valence-corrected chi connectivity index (χ3v) is 2.96. The lowest BCUT2D eigenvalue weighted by Gasteiger charge is -2.15. The maximum Gasteiger partial charge on any atom is 0.224 e. The van der Waals surface area contributed by atoms with Crippen molar-refractivity contribution in [1.82, 2.24) is 5.32 Å². The summed E-state index contributed by atoms with van der Waals surface area (Å²) in [6.07, 6.45) is -0.112. The van der Waals surface area contributed by atoms with Gasteiger partial charge in [0.15, 0.2) is 6.29 Å². The first-order valence-electron chi connectivity index (χ1n) is 7.07. The number of hydrogen-bond acceptors (Lipinski definition) is 4. The molecule has 0 spiro atoms. The standard InChI is InChI=1S/C14H21NO4.C2H6/c1-10-11(6-5-7-12(10)17-2)8-13(16)15-9-14(18-3)19-4;1-2/h5-7,14H,8-9H2,1-4H3,(H,15,16);1-2H3. The quantitative estimate of drug-likeness (QED) is 0.785. The first-order valence-corrected chi connectivity index (χ1v) is 7.07. The number of ether oxygens (including phenoxy) is 3. The number of benzene rings is 1. The van der Waals surface area contributed by atoms with Gasteiger partial charge in [0.05, 0.1) is 20.1 Å². The minimum absolute atomic E-state index is 0.0737. The minimum atomic E-state index is -0.421. The van der Waals surface area contributed by atoms with Gasteiger partial charge in [-0.15, -0.1) is 0 Å². The highest BCUT2D eigenvalue weighted by molar-refractivity contribution is 5.79. The molecule has 0 saturated carbocycles. The molecule has 1 amide bonds. The molecule has 0 unspecified atom stereocenters. The molecule has 0 aromatic heterocycles. The van der Waals surface area contributed by atoms with Crippen molar-refractivity contribution in [1.29, 1.82) is 0 Å². The summed E-state index contributed by atoms with van der Waals surface area (Å²) in [6.45, 7) is 6.27. The molecule has 1 rings (SSSR count). The summed E-state index contributed by atoms with van der Waals surface area (Å²) >= 11 is 0. The van der Waals surface area contributed by atoms with Crippen molar-refractivity contribution < 1.29 is 19.0 Å². The molecule has 0 bridgehead atoms. The molecule has 0 aliphatic heterocycles. The summed E-state index contributed by atoms with van der Waals surface area (Å²) in [5.41, 5.74) is 1.93. The van der Waals surface area contributed by atoms with E-state index >= 15 is 0 Å². The molecule has 0 radical (unpaired) electrons. The monoisotopic (exact) mass is 297 g/mol. The Kier molecular flexibility index (Phi) is 10.3. The predicted molar refractivity (Wildman–Crippen MR) is 83.6 cm³/mol. The Labute approximate surface area is 127 Å². The highest BCUT2D eigenvalue weighted by Gasteiger charge is 2.11. The van der Waals surface area contributed by atoms with Crippen LogP contribution in [0.3, 0.4) is 0 Å². The molecule has 0 aliphatic carbocycles. The number of carbonyl (C=O) groups excluding carboxylic acids is 1. The van der Waals surface area contributed by atoms with E-state index in [-0.39, 0.29) is 5.91 Å². The minimum Gasteiger partial charge on any atom is -0.496 e. The van der Waals surface area contributed by atoms with E-state index in [2.05, 4.69) is 5.32 Å². The second kappa shape index (κ2) is 11.1. The Morgan fingerprint density at radius 2 is 1.81 bits per heavy atom. The lowest BCUT2D eigenvalue weighted by Crippen LogP contribution is -2.35. The Bertz CT molecular complexity index is 417. The fourth-order valence-electron chi connectivity index (χ4n) is 1.77. The van der Waals surface area contributed by atoms with E-state index < -0.39 is 6.29 Å². The predicted octanol–water partition coefficient (Wildman–Crippen LogP) is 2.31. The molecule has 0 saturated heterocycles. The topological polar surface area (TPSA) is 56.8 Å². The molecule has 120 valence electrons. The van der Waals surface area contributed by atoms with Gasteiger partial charge < -0.3 is 19.5 Å². The van der Waals surface area contributed by atoms with Crippen LogP contribution in [0.5, 0.6) is 5.75 Å². The van der Waals surface area contributed by atoms with E-state index in [1.165, 1.54) is 14.2 Å². The van der Waals surface area contributed by atoms with Crippen LogP contribution in [0.2, 0.25) is 0 Å². The first-order chi connectivity index (χ1) is 10.1. The second-order valence-corrected chi connectivity index (χ2v) is 4.13. The normalized spacial score (nSPS) is 9.86. The first kappa shape index (κ1) is 19.4. The molecule has 21 heavy (non-hydrogen) atoms. The summed E-state index contributed by atoms with van der Waals surface area (Å²) in [5, 5.41) is 2.77. The molecule has 1 aromatic rings. The number of nitrogens with one attached hydrogen (secondary N) is 1. The van der Waals surface area contributed by atoms with Gasteiger partial charge in [0.25, 0.3) is 0 Å². The zero-order chi connectivity index (χ0) is 16.3. The largest absolute Gasteiger partial charge is 0.496 e. The molecule has 0 fully saturated rings. The van der Waals surface area contributed by atoms with Crippen LogP contribution < -0.4 is 10.1 Å². The van der Waals surface area contributed by atoms with Gasteiger partial charge in [-0.05, 0) is 24.1 Å². The summed E-state index contributed by atoms with van der Waals surface area (Å²) < 4.78 is 15.2. The third-order valence-electron chi connectivity index (χ3n) is 2.96. The summed E-state index contributed by atoms with van der Waals surface area (Å²) in [6, 6.07) is 5.67. The van der Waals surface area contributed by atoms with E-state index in [1.54, 1.807) is 7.11 Å². The number of methoxy groups -OCH3 is 3. The average molecular weight is 297 g/mol. The van der Waals surface area contributed by atoms with Gasteiger partial charge in [-0.25, -0.2) is 0 Å². The van der Waals surface area contributed by atoms with E-state index in [9.17, 15) is 4.79 Å². The lowest BCUT2D eigenvalue weighted by atomic mass is 10.0. The summed E-state index contributed by atoms with van der Waals surface area (Å²) in [4.78, 5) is 11.8. The van der Waals surface area contributed by atoms with Crippen LogP contribution in [-0.4, -0.2) is 40.1 Å². The van der Waals surface area contributed by atoms with Crippen molar-refractivity contribution in [2.45, 2.75) is 33.5 Å². The van der Waals surface area contributed by atoms with Crippen molar-refractivity contribution >= 4 is 5.91 Å². The molecule has 0 aliphatic rings. The number of hydrogen-bond donors (Lipinski definition) is 1. The van der Waals surface area contributed by atoms with Crippen LogP contribution in [0.15, 0.2) is 18.2 Å². The molecular weight excluding hydrogens is 270 g/mol. The van der Waals surface area contributed by atoms with Crippen molar-refractivity contribution in [3.63, 3.8) is 0 Å². The van der Waals surface area contributed by atoms with Crippen LogP contribution in [0.25, 0.3) is 0 Å². The molecule has 5 nitrogen and oxygen atoms in total. The van der Waals surface area contributed by atoms with Crippen LogP contribution in [0, 0.1) is 6.92 Å². The lowest BCUT2D eigenvalue weighted by molar-refractivity contribution is -0.126. The Morgan fingerprint density at radius 1 is 1.19 bits per heavy atom. The number of amides is 1. The zero-order valence-corrected chi connectivity index (χ0v) is 13.9. The van der Waals surface area contributed by atoms with E-state index in [0.29, 0.717) is 13.0 Å². The third kappa shape index (κ3) is 6.60. The van der Waals surface area contributed by atoms with Crippen molar-refractivity contribution in [2.75, 3.05) is 27.9 Å². The van der Waals surface area contributed by atoms with Gasteiger partial charge in [0.2, 0.25) is 5.91 Å². The highest BCUT2D eigenvalue weighted by Crippen LogP contribution is 2.21. The van der Waals surface area contributed by atoms with E-state index in [4.69, 9.17) is 14.2 Å². The van der Waals surface area contributed by atoms with Gasteiger partial charge in [0.1, 0.15) is 5.75 Å². The van der Waals surface area contributed by atoms with Crippen molar-refractivity contribution in [3.8, 4) is 5.75 Å². The summed E-state index contributed by atoms with van der Waals surface area (Å²) in [7, 11) is 4.69. The molecule has 0 heterocycles. The average Bonchev–Trinajstić information content (AvgIpc) is 2.52. The maximum absolute atomic E-state index is 11.8. The van der Waals surface area contributed by atoms with Gasteiger partial charge in [-0.1, -0.05) is 26.0 Å². The van der Waals surface area contributed by atoms with Gasteiger partial charge in [-0.2, -0.15) is 0 Å². The van der Waals surface area contributed by atoms with Crippen LogP contribution in [-0.2, 0) is 20.7 Å². The van der Waals surface area contributed by atoms with Crippen LogP contribution >= 0.6 is 0 Å². The maximum atomic E-state index is 11.8. The molecular formula is C16H27NO4. The van der Waals surface area contributed by atoms with E-state index in [0.717, 1.165) is 16.9 Å². The van der Waals surface area contributed by atoms with Crippen LogP contribution in [0.4, 0.5) is 0 Å². The Hall–Kier alpha value is -1.59. The fourth-order valence-corrected chi connectivity index (χ4v) is 1.77. The SMILES string of the molecule is CC.COc1cccc(CC(=O)NCC(OC)OC)c1C. The molecule has 1 N–H and O–H groups in total. The van der Waals surface area contributed by atoms with Gasteiger partial charge >= 0.3 is 0 Å². The Morgan fingerprint density at radius 3 is 2.33 bits per heavy atom. The van der Waals surface area contributed by atoms with Crippen LogP contribution in [0.1, 0.15) is 25.0 Å². The molecule has 1 aromatic carbocycles. The molecule has 0 atom stereocenters. The zero-order valence-electron chi connectivity index (χ0n) is 13.9. The van der Waals surface area contributed by atoms with E-state index in [1.807, 2.05) is 39.0 Å². The fraction of sp³-hybridized carbons (Fsp3) is 0.562. The van der Waals surface area contributed by atoms with Crippen molar-refractivity contribution in [3.05, 3.63) is 29.3 Å². The summed E-state index contributed by atoms with van der Waals surface area (Å²) in [5.74, 6) is 0.715. The van der Waals surface area contributed by atoms with Crippen molar-refractivity contribution in [2.24, 2.45) is 0 Å². The van der Waals surface area contributed by atoms with Gasteiger partial charge in [0, 0.05) is 14.2 Å². The second-order valence-electron chi connectivity index (χ2n) is 4.13.